The molecule has 8 rings (SSSR count). The SMILES string of the molecule is CC(C)CC(C)N1C(=O)c2ccc3c4ccc5c6c(ccc(c7ccc(c2c37)C1=O)c64)C(=O)N(CCc1ccccc1)C5=O.CC(C)CC(C)O.COCCO. The molecule has 2 atom stereocenters. The van der Waals surface area contributed by atoms with Crippen molar-refractivity contribution in [3.8, 4) is 0 Å². The molecule has 2 aliphatic rings. The normalized spacial score (nSPS) is 14.9. The summed E-state index contributed by atoms with van der Waals surface area (Å²) in [5, 5.41) is 23.3. The lowest BCUT2D eigenvalue weighted by Gasteiger charge is -2.33. The molecule has 56 heavy (non-hydrogen) atoms. The van der Waals surface area contributed by atoms with Crippen LogP contribution in [0.4, 0.5) is 0 Å². The Kier molecular flexibility index (Phi) is 12.2. The van der Waals surface area contributed by atoms with Crippen LogP contribution in [0.5, 0.6) is 0 Å². The maximum Gasteiger partial charge on any atom is 0.261 e. The fraction of sp³-hybridized carbons (Fsp3) is 0.362. The Morgan fingerprint density at radius 2 is 1.00 bits per heavy atom. The fourth-order valence-corrected chi connectivity index (χ4v) is 8.39. The Balaban J connectivity index is 0.000000388. The van der Waals surface area contributed by atoms with Crippen molar-refractivity contribution < 1.29 is 34.1 Å². The highest BCUT2D eigenvalue weighted by Gasteiger charge is 2.38. The molecule has 292 valence electrons. The van der Waals surface area contributed by atoms with E-state index >= 15 is 0 Å². The number of benzene rings is 6. The van der Waals surface area contributed by atoms with Gasteiger partial charge in [-0.25, -0.2) is 0 Å². The predicted molar refractivity (Wildman–Crippen MR) is 223 cm³/mol. The smallest absolute Gasteiger partial charge is 0.261 e. The van der Waals surface area contributed by atoms with Gasteiger partial charge in [0.05, 0.1) is 19.3 Å². The standard InChI is InChI=1S/C38H30N2O4.C6H14O.C3H8O2/c1-20(2)19-21(3)40-37(43)29-15-11-25-23-9-13-27-33-28(36(42)39(35(27)41)18-17-22-7-5-4-6-8-22)14-10-24(31(23)33)26-12-16-30(38(40)44)34(29)32(25)26;1-5(2)4-6(3)7;1-5-3-2-4/h4-16,20-21H,17-19H2,1-3H3;5-7H,4H2,1-3H3;4H,2-3H2,1H3. The first-order valence-electron chi connectivity index (χ1n) is 19.6. The Labute approximate surface area is 328 Å². The van der Waals surface area contributed by atoms with Gasteiger partial charge in [0.15, 0.2) is 0 Å². The molecule has 2 unspecified atom stereocenters. The zero-order valence-corrected chi connectivity index (χ0v) is 33.4. The first-order chi connectivity index (χ1) is 26.8. The van der Waals surface area contributed by atoms with Gasteiger partial charge in [-0.05, 0) is 107 Å². The lowest BCUT2D eigenvalue weighted by atomic mass is 9.82. The van der Waals surface area contributed by atoms with Gasteiger partial charge >= 0.3 is 0 Å². The molecule has 6 aromatic carbocycles. The van der Waals surface area contributed by atoms with E-state index in [-0.39, 0.29) is 42.4 Å². The molecule has 6 aromatic rings. The van der Waals surface area contributed by atoms with Gasteiger partial charge in [-0.15, -0.1) is 0 Å². The summed E-state index contributed by atoms with van der Waals surface area (Å²) in [6.45, 7) is 13.0. The van der Waals surface area contributed by atoms with E-state index in [1.54, 1.807) is 7.11 Å². The molecule has 0 spiro atoms. The van der Waals surface area contributed by atoms with E-state index in [1.807, 2.05) is 92.7 Å². The quantitative estimate of drug-likeness (QED) is 0.0815. The molecule has 2 N–H and O–H groups in total. The van der Waals surface area contributed by atoms with Crippen LogP contribution in [0.2, 0.25) is 0 Å². The number of amides is 4. The zero-order valence-electron chi connectivity index (χ0n) is 33.4. The van der Waals surface area contributed by atoms with E-state index in [9.17, 15) is 19.2 Å². The summed E-state index contributed by atoms with van der Waals surface area (Å²) in [5.41, 5.74) is 3.16. The topological polar surface area (TPSA) is 124 Å². The first kappa shape index (κ1) is 40.4. The molecular formula is C47H52N2O7. The van der Waals surface area contributed by atoms with Crippen molar-refractivity contribution in [2.45, 2.75) is 73.0 Å². The van der Waals surface area contributed by atoms with E-state index in [4.69, 9.17) is 10.2 Å². The highest BCUT2D eigenvalue weighted by Crippen LogP contribution is 2.46. The van der Waals surface area contributed by atoms with Crippen molar-refractivity contribution in [2.75, 3.05) is 26.9 Å². The number of methoxy groups -OCH3 is 1. The summed E-state index contributed by atoms with van der Waals surface area (Å²) in [6.07, 6.45) is 2.10. The number of hydrogen-bond acceptors (Lipinski definition) is 7. The van der Waals surface area contributed by atoms with Gasteiger partial charge in [-0.3, -0.25) is 29.0 Å². The van der Waals surface area contributed by atoms with Crippen LogP contribution in [0.1, 0.15) is 101 Å². The number of ether oxygens (including phenoxy) is 1. The molecule has 4 amide bonds. The number of hydrogen-bond donors (Lipinski definition) is 2. The summed E-state index contributed by atoms with van der Waals surface area (Å²) in [7, 11) is 1.55. The lowest BCUT2D eigenvalue weighted by molar-refractivity contribution is 0.0532. The van der Waals surface area contributed by atoms with Crippen LogP contribution >= 0.6 is 0 Å². The summed E-state index contributed by atoms with van der Waals surface area (Å²) < 4.78 is 4.44. The highest BCUT2D eigenvalue weighted by atomic mass is 16.5. The van der Waals surface area contributed by atoms with Gasteiger partial charge in [-0.1, -0.05) is 82.3 Å². The number of aliphatic hydroxyl groups excluding tert-OH is 2. The minimum atomic E-state index is -0.287. The summed E-state index contributed by atoms with van der Waals surface area (Å²) in [4.78, 5) is 58.0. The molecule has 9 nitrogen and oxygen atoms in total. The van der Waals surface area contributed by atoms with Gasteiger partial charge in [0.2, 0.25) is 0 Å². The summed E-state index contributed by atoms with van der Waals surface area (Å²) >= 11 is 0. The summed E-state index contributed by atoms with van der Waals surface area (Å²) in [5.74, 6) is -0.130. The molecule has 0 saturated heterocycles. The Hall–Kier alpha value is -5.22. The average Bonchev–Trinajstić information content (AvgIpc) is 3.15. The fourth-order valence-electron chi connectivity index (χ4n) is 8.39. The third-order valence-electron chi connectivity index (χ3n) is 10.6. The van der Waals surface area contributed by atoms with E-state index in [1.165, 1.54) is 9.80 Å². The molecule has 0 aliphatic carbocycles. The van der Waals surface area contributed by atoms with Crippen LogP contribution < -0.4 is 0 Å². The van der Waals surface area contributed by atoms with Crippen LogP contribution in [0.25, 0.3) is 43.1 Å². The second kappa shape index (κ2) is 16.9. The van der Waals surface area contributed by atoms with E-state index in [0.29, 0.717) is 64.4 Å². The molecule has 2 aliphatic heterocycles. The van der Waals surface area contributed by atoms with Crippen molar-refractivity contribution in [3.63, 3.8) is 0 Å². The monoisotopic (exact) mass is 756 g/mol. The third-order valence-corrected chi connectivity index (χ3v) is 10.6. The molecule has 0 bridgehead atoms. The van der Waals surface area contributed by atoms with Crippen molar-refractivity contribution in [1.29, 1.82) is 0 Å². The highest BCUT2D eigenvalue weighted by molar-refractivity contribution is 6.41. The number of carbonyl (C=O) groups is 4. The van der Waals surface area contributed by atoms with Gasteiger partial charge in [0, 0.05) is 52.7 Å². The molecule has 2 heterocycles. The van der Waals surface area contributed by atoms with Crippen LogP contribution in [0.15, 0.2) is 78.9 Å². The van der Waals surface area contributed by atoms with Crippen molar-refractivity contribution in [3.05, 3.63) is 107 Å². The number of rotatable bonds is 10. The minimum absolute atomic E-state index is 0.122. The third kappa shape index (κ3) is 7.51. The van der Waals surface area contributed by atoms with Crippen molar-refractivity contribution in [1.82, 2.24) is 9.80 Å². The Bertz CT molecular complexity index is 2290. The largest absolute Gasteiger partial charge is 0.394 e. The minimum Gasteiger partial charge on any atom is -0.394 e. The van der Waals surface area contributed by atoms with Crippen molar-refractivity contribution >= 4 is 66.7 Å². The Morgan fingerprint density at radius 3 is 1.34 bits per heavy atom. The van der Waals surface area contributed by atoms with Gasteiger partial charge in [-0.2, -0.15) is 0 Å². The van der Waals surface area contributed by atoms with E-state index in [0.717, 1.165) is 50.7 Å². The molecular weight excluding hydrogens is 705 g/mol. The van der Waals surface area contributed by atoms with Gasteiger partial charge in [0.25, 0.3) is 23.6 Å². The molecule has 0 radical (unpaired) electrons. The predicted octanol–water partition coefficient (Wildman–Crippen LogP) is 8.64. The maximum atomic E-state index is 13.8. The summed E-state index contributed by atoms with van der Waals surface area (Å²) in [6, 6.07) is 24.7. The zero-order chi connectivity index (χ0) is 40.4. The first-order valence-corrected chi connectivity index (χ1v) is 19.6. The number of imide groups is 2. The van der Waals surface area contributed by atoms with Crippen LogP contribution in [-0.4, -0.2) is 82.7 Å². The second-order valence-corrected chi connectivity index (χ2v) is 15.8. The van der Waals surface area contributed by atoms with Crippen LogP contribution in [0, 0.1) is 11.8 Å². The Morgan fingerprint density at radius 1 is 0.571 bits per heavy atom. The molecule has 0 fully saturated rings. The van der Waals surface area contributed by atoms with Gasteiger partial charge in [0.1, 0.15) is 0 Å². The lowest BCUT2D eigenvalue weighted by Crippen LogP contribution is -2.46. The molecule has 0 aromatic heterocycles. The van der Waals surface area contributed by atoms with E-state index in [2.05, 4.69) is 32.4 Å². The molecule has 0 saturated carbocycles. The second-order valence-electron chi connectivity index (χ2n) is 15.8. The number of aliphatic hydroxyl groups is 2. The number of fused-ring (bicyclic) bond motifs is 2. The van der Waals surface area contributed by atoms with Crippen LogP contribution in [-0.2, 0) is 11.2 Å². The van der Waals surface area contributed by atoms with Crippen LogP contribution in [0.3, 0.4) is 0 Å². The number of nitrogens with zero attached hydrogens (tertiary/aromatic N) is 2. The average molecular weight is 757 g/mol. The van der Waals surface area contributed by atoms with Gasteiger partial charge < -0.3 is 14.9 Å². The maximum absolute atomic E-state index is 13.8. The van der Waals surface area contributed by atoms with E-state index < -0.39 is 0 Å². The van der Waals surface area contributed by atoms with Crippen molar-refractivity contribution in [2.24, 2.45) is 11.8 Å². The molecule has 9 heteroatoms. The number of carbonyl (C=O) groups excluding carboxylic acids is 4.